The Morgan fingerprint density at radius 1 is 0.741 bits per heavy atom. The highest BCUT2D eigenvalue weighted by atomic mass is 16.5. The van der Waals surface area contributed by atoms with E-state index in [1.807, 2.05) is 78.9 Å². The van der Waals surface area contributed by atoms with E-state index in [4.69, 9.17) is 14.6 Å². The van der Waals surface area contributed by atoms with Gasteiger partial charge in [0.25, 0.3) is 0 Å². The lowest BCUT2D eigenvalue weighted by atomic mass is 10.1. The first kappa shape index (κ1) is 18.5. The molecule has 0 unspecified atom stereocenters. The van der Waals surface area contributed by atoms with Gasteiger partial charge in [-0.2, -0.15) is 0 Å². The summed E-state index contributed by atoms with van der Waals surface area (Å²) < 4.78 is 12.0. The molecule has 0 aliphatic heterocycles. The maximum absolute atomic E-state index is 11.0. The van der Waals surface area contributed by atoms with Crippen LogP contribution in [-0.4, -0.2) is 11.1 Å². The fourth-order valence-corrected chi connectivity index (χ4v) is 2.74. The lowest BCUT2D eigenvalue weighted by molar-refractivity contribution is -0.136. The van der Waals surface area contributed by atoms with Gasteiger partial charge in [0.15, 0.2) is 11.5 Å². The predicted octanol–water partition coefficient (Wildman–Crippen LogP) is 4.86. The van der Waals surface area contributed by atoms with Crippen LogP contribution in [-0.2, 0) is 24.4 Å². The lowest BCUT2D eigenvalue weighted by Crippen LogP contribution is -2.05. The van der Waals surface area contributed by atoms with E-state index in [0.29, 0.717) is 31.1 Å². The summed E-state index contributed by atoms with van der Waals surface area (Å²) in [4.78, 5) is 11.0. The fraction of sp³-hybridized carbons (Fsp3) is 0.174. The van der Waals surface area contributed by atoms with E-state index in [1.54, 1.807) is 0 Å². The molecular formula is C23H22O4. The van der Waals surface area contributed by atoms with Crippen LogP contribution in [0, 0.1) is 0 Å². The summed E-state index contributed by atoms with van der Waals surface area (Å²) in [5.74, 6) is 0.399. The van der Waals surface area contributed by atoms with Crippen LogP contribution in [0.3, 0.4) is 0 Å². The van der Waals surface area contributed by atoms with Gasteiger partial charge in [-0.05, 0) is 29.2 Å². The van der Waals surface area contributed by atoms with E-state index in [9.17, 15) is 4.79 Å². The SMILES string of the molecule is O=C(O)CCc1cccc(OCc2ccccc2)c1OCc1ccccc1. The molecule has 0 radical (unpaired) electrons. The van der Waals surface area contributed by atoms with Crippen LogP contribution in [0.2, 0.25) is 0 Å². The summed E-state index contributed by atoms with van der Waals surface area (Å²) in [6.45, 7) is 0.817. The summed E-state index contributed by atoms with van der Waals surface area (Å²) in [7, 11) is 0. The molecule has 4 nitrogen and oxygen atoms in total. The molecule has 0 spiro atoms. The van der Waals surface area contributed by atoms with Crippen LogP contribution in [0.4, 0.5) is 0 Å². The molecule has 0 aromatic heterocycles. The molecule has 0 aliphatic carbocycles. The zero-order chi connectivity index (χ0) is 18.9. The highest BCUT2D eigenvalue weighted by molar-refractivity contribution is 5.67. The van der Waals surface area contributed by atoms with E-state index < -0.39 is 5.97 Å². The van der Waals surface area contributed by atoms with Crippen molar-refractivity contribution in [3.8, 4) is 11.5 Å². The second-order valence-electron chi connectivity index (χ2n) is 6.19. The number of hydrogen-bond acceptors (Lipinski definition) is 3. The van der Waals surface area contributed by atoms with Crippen molar-refractivity contribution in [1.82, 2.24) is 0 Å². The quantitative estimate of drug-likeness (QED) is 0.590. The van der Waals surface area contributed by atoms with Crippen molar-refractivity contribution in [2.75, 3.05) is 0 Å². The van der Waals surface area contributed by atoms with E-state index in [0.717, 1.165) is 16.7 Å². The van der Waals surface area contributed by atoms with E-state index in [-0.39, 0.29) is 6.42 Å². The molecular weight excluding hydrogens is 340 g/mol. The summed E-state index contributed by atoms with van der Waals surface area (Å²) >= 11 is 0. The monoisotopic (exact) mass is 362 g/mol. The number of carboxylic acids is 1. The molecule has 0 saturated heterocycles. The van der Waals surface area contributed by atoms with Gasteiger partial charge < -0.3 is 14.6 Å². The van der Waals surface area contributed by atoms with Crippen molar-refractivity contribution in [1.29, 1.82) is 0 Å². The molecule has 138 valence electrons. The number of hydrogen-bond donors (Lipinski definition) is 1. The van der Waals surface area contributed by atoms with Crippen molar-refractivity contribution in [2.45, 2.75) is 26.1 Å². The Labute approximate surface area is 159 Å². The highest BCUT2D eigenvalue weighted by Crippen LogP contribution is 2.33. The number of carboxylic acid groups (broad SMARTS) is 1. The summed E-state index contributed by atoms with van der Waals surface area (Å²) in [6, 6.07) is 25.4. The molecule has 27 heavy (non-hydrogen) atoms. The third-order valence-electron chi connectivity index (χ3n) is 4.13. The van der Waals surface area contributed by atoms with Crippen LogP contribution < -0.4 is 9.47 Å². The Kier molecular flexibility index (Phi) is 6.47. The van der Waals surface area contributed by atoms with Gasteiger partial charge in [-0.1, -0.05) is 72.8 Å². The third kappa shape index (κ3) is 5.61. The Morgan fingerprint density at radius 2 is 1.33 bits per heavy atom. The maximum atomic E-state index is 11.0. The van der Waals surface area contributed by atoms with Gasteiger partial charge in [0, 0.05) is 6.42 Å². The Bertz CT molecular complexity index is 860. The number of ether oxygens (including phenoxy) is 2. The van der Waals surface area contributed by atoms with Crippen molar-refractivity contribution in [2.24, 2.45) is 0 Å². The lowest BCUT2D eigenvalue weighted by Gasteiger charge is -2.16. The zero-order valence-corrected chi connectivity index (χ0v) is 15.0. The summed E-state index contributed by atoms with van der Waals surface area (Å²) in [5, 5.41) is 9.02. The minimum Gasteiger partial charge on any atom is -0.485 e. The van der Waals surface area contributed by atoms with Crippen LogP contribution in [0.1, 0.15) is 23.1 Å². The Balaban J connectivity index is 1.79. The number of rotatable bonds is 9. The Morgan fingerprint density at radius 3 is 1.93 bits per heavy atom. The minimum atomic E-state index is -0.834. The molecule has 0 aliphatic rings. The number of para-hydroxylation sites is 1. The second kappa shape index (κ2) is 9.43. The van der Waals surface area contributed by atoms with Crippen LogP contribution >= 0.6 is 0 Å². The standard InChI is InChI=1S/C23H22O4/c24-22(25)15-14-20-12-7-13-21(26-16-18-8-3-1-4-9-18)23(20)27-17-19-10-5-2-6-11-19/h1-13H,14-17H2,(H,24,25). The van der Waals surface area contributed by atoms with Crippen LogP contribution in [0.25, 0.3) is 0 Å². The maximum Gasteiger partial charge on any atom is 0.303 e. The Hall–Kier alpha value is -3.27. The average Bonchev–Trinajstić information content (AvgIpc) is 2.71. The fourth-order valence-electron chi connectivity index (χ4n) is 2.74. The van der Waals surface area contributed by atoms with E-state index in [1.165, 1.54) is 0 Å². The average molecular weight is 362 g/mol. The zero-order valence-electron chi connectivity index (χ0n) is 15.0. The van der Waals surface area contributed by atoms with Crippen LogP contribution in [0.5, 0.6) is 11.5 Å². The topological polar surface area (TPSA) is 55.8 Å². The first-order chi connectivity index (χ1) is 13.2. The molecule has 0 fully saturated rings. The van der Waals surface area contributed by atoms with E-state index >= 15 is 0 Å². The predicted molar refractivity (Wildman–Crippen MR) is 104 cm³/mol. The molecule has 3 aromatic rings. The molecule has 0 atom stereocenters. The van der Waals surface area contributed by atoms with Gasteiger partial charge in [-0.25, -0.2) is 0 Å². The van der Waals surface area contributed by atoms with Crippen molar-refractivity contribution in [3.63, 3.8) is 0 Å². The molecule has 1 N–H and O–H groups in total. The molecule has 4 heteroatoms. The van der Waals surface area contributed by atoms with Crippen molar-refractivity contribution < 1.29 is 19.4 Å². The van der Waals surface area contributed by atoms with Crippen molar-refractivity contribution in [3.05, 3.63) is 95.6 Å². The van der Waals surface area contributed by atoms with Gasteiger partial charge in [-0.15, -0.1) is 0 Å². The summed E-state index contributed by atoms with van der Waals surface area (Å²) in [5.41, 5.74) is 2.93. The number of carbonyl (C=O) groups is 1. The smallest absolute Gasteiger partial charge is 0.303 e. The molecule has 0 bridgehead atoms. The number of aliphatic carboxylic acids is 1. The number of aryl methyl sites for hydroxylation is 1. The molecule has 0 heterocycles. The van der Waals surface area contributed by atoms with Gasteiger partial charge in [-0.3, -0.25) is 4.79 Å². The molecule has 0 amide bonds. The van der Waals surface area contributed by atoms with Gasteiger partial charge in [0.2, 0.25) is 0 Å². The first-order valence-corrected chi connectivity index (χ1v) is 8.89. The first-order valence-electron chi connectivity index (χ1n) is 8.89. The largest absolute Gasteiger partial charge is 0.485 e. The van der Waals surface area contributed by atoms with Gasteiger partial charge in [0.1, 0.15) is 13.2 Å². The molecule has 0 saturated carbocycles. The summed E-state index contributed by atoms with van der Waals surface area (Å²) in [6.07, 6.45) is 0.436. The van der Waals surface area contributed by atoms with E-state index in [2.05, 4.69) is 0 Å². The van der Waals surface area contributed by atoms with Gasteiger partial charge >= 0.3 is 5.97 Å². The molecule has 3 rings (SSSR count). The second-order valence-corrected chi connectivity index (χ2v) is 6.19. The van der Waals surface area contributed by atoms with Crippen molar-refractivity contribution >= 4 is 5.97 Å². The van der Waals surface area contributed by atoms with Gasteiger partial charge in [0.05, 0.1) is 0 Å². The third-order valence-corrected chi connectivity index (χ3v) is 4.13. The highest BCUT2D eigenvalue weighted by Gasteiger charge is 2.13. The normalized spacial score (nSPS) is 10.4. The van der Waals surface area contributed by atoms with Crippen LogP contribution in [0.15, 0.2) is 78.9 Å². The number of benzene rings is 3. The molecule has 3 aromatic carbocycles. The minimum absolute atomic E-state index is 0.0455.